The van der Waals surface area contributed by atoms with Gasteiger partial charge >= 0.3 is 0 Å². The lowest BCUT2D eigenvalue weighted by atomic mass is 10.2. The van der Waals surface area contributed by atoms with E-state index >= 15 is 0 Å². The fourth-order valence-electron chi connectivity index (χ4n) is 3.02. The van der Waals surface area contributed by atoms with Crippen molar-refractivity contribution in [1.29, 1.82) is 0 Å². The van der Waals surface area contributed by atoms with Crippen molar-refractivity contribution in [1.82, 2.24) is 9.88 Å². The molecule has 2 saturated heterocycles. The average molecular weight is 277 g/mol. The Morgan fingerprint density at radius 2 is 2.10 bits per heavy atom. The number of aromatic nitrogens is 1. The molecule has 0 spiro atoms. The molecule has 1 aromatic heterocycles. The molecule has 0 amide bonds. The smallest absolute Gasteiger partial charge is 0.128 e. The molecule has 3 rings (SSSR count). The van der Waals surface area contributed by atoms with Crippen LogP contribution in [0, 0.1) is 0 Å². The maximum absolute atomic E-state index is 9.52. The van der Waals surface area contributed by atoms with Crippen LogP contribution >= 0.6 is 0 Å². The Hall–Kier alpha value is -1.17. The average Bonchev–Trinajstić information content (AvgIpc) is 2.98. The maximum atomic E-state index is 9.52. The number of nitrogens with zero attached hydrogens (tertiary/aromatic N) is 3. The molecule has 3 heterocycles. The van der Waals surface area contributed by atoms with E-state index in [1.54, 1.807) is 13.1 Å². The molecule has 0 saturated carbocycles. The summed E-state index contributed by atoms with van der Waals surface area (Å²) in [7, 11) is 0. The minimum absolute atomic E-state index is 0.448. The zero-order valence-electron chi connectivity index (χ0n) is 12.0. The molecule has 1 N–H and O–H groups in total. The number of morpholine rings is 1. The first kappa shape index (κ1) is 13.8. The quantitative estimate of drug-likeness (QED) is 0.895. The zero-order chi connectivity index (χ0) is 13.9. The third-order valence-corrected chi connectivity index (χ3v) is 4.30. The molecule has 5 nitrogen and oxygen atoms in total. The molecule has 2 aliphatic heterocycles. The lowest BCUT2D eigenvalue weighted by Crippen LogP contribution is -2.44. The topological polar surface area (TPSA) is 48.8 Å². The molecule has 1 aromatic rings. The Bertz CT molecular complexity index is 429. The summed E-state index contributed by atoms with van der Waals surface area (Å²) in [6.45, 7) is 7.68. The molecule has 0 aliphatic carbocycles. The van der Waals surface area contributed by atoms with Crippen LogP contribution in [0.15, 0.2) is 18.3 Å². The SMILES string of the molecule is CC(O)c1ccc(N2CCC(N3CCOCC3)C2)nc1. The van der Waals surface area contributed by atoms with Crippen LogP contribution in [-0.2, 0) is 4.74 Å². The number of hydrogen-bond acceptors (Lipinski definition) is 5. The van der Waals surface area contributed by atoms with Crippen LogP contribution in [0.5, 0.6) is 0 Å². The van der Waals surface area contributed by atoms with Crippen LogP contribution in [-0.4, -0.2) is 60.4 Å². The third-order valence-electron chi connectivity index (χ3n) is 4.30. The second kappa shape index (κ2) is 6.08. The van der Waals surface area contributed by atoms with Gasteiger partial charge in [0, 0.05) is 38.4 Å². The number of anilines is 1. The number of aliphatic hydroxyl groups excluding tert-OH is 1. The minimum Gasteiger partial charge on any atom is -0.389 e. The Kier molecular flexibility index (Phi) is 4.19. The molecule has 2 fully saturated rings. The first-order valence-electron chi connectivity index (χ1n) is 7.45. The molecule has 110 valence electrons. The number of rotatable bonds is 3. The lowest BCUT2D eigenvalue weighted by molar-refractivity contribution is 0.0209. The van der Waals surface area contributed by atoms with E-state index in [0.717, 1.165) is 50.8 Å². The van der Waals surface area contributed by atoms with Gasteiger partial charge in [-0.3, -0.25) is 4.90 Å². The summed E-state index contributed by atoms with van der Waals surface area (Å²) in [6.07, 6.45) is 2.53. The van der Waals surface area contributed by atoms with Crippen molar-refractivity contribution in [2.24, 2.45) is 0 Å². The lowest BCUT2D eigenvalue weighted by Gasteiger charge is -2.32. The molecule has 2 unspecified atom stereocenters. The van der Waals surface area contributed by atoms with Crippen molar-refractivity contribution in [2.45, 2.75) is 25.5 Å². The second-order valence-electron chi connectivity index (χ2n) is 5.66. The van der Waals surface area contributed by atoms with Crippen LogP contribution in [0.1, 0.15) is 25.0 Å². The first-order valence-corrected chi connectivity index (χ1v) is 7.45. The van der Waals surface area contributed by atoms with Crippen molar-refractivity contribution in [3.05, 3.63) is 23.9 Å². The van der Waals surface area contributed by atoms with Gasteiger partial charge in [-0.25, -0.2) is 4.98 Å². The van der Waals surface area contributed by atoms with Gasteiger partial charge in [-0.1, -0.05) is 6.07 Å². The second-order valence-corrected chi connectivity index (χ2v) is 5.66. The van der Waals surface area contributed by atoms with Gasteiger partial charge in [0.15, 0.2) is 0 Å². The van der Waals surface area contributed by atoms with E-state index in [9.17, 15) is 5.11 Å². The highest BCUT2D eigenvalue weighted by molar-refractivity contribution is 5.41. The van der Waals surface area contributed by atoms with Crippen LogP contribution in [0.4, 0.5) is 5.82 Å². The zero-order valence-corrected chi connectivity index (χ0v) is 12.0. The van der Waals surface area contributed by atoms with Crippen molar-refractivity contribution in [3.63, 3.8) is 0 Å². The number of pyridine rings is 1. The Labute approximate surface area is 120 Å². The van der Waals surface area contributed by atoms with Crippen LogP contribution in [0.3, 0.4) is 0 Å². The van der Waals surface area contributed by atoms with E-state index in [1.807, 2.05) is 12.1 Å². The molecule has 2 atom stereocenters. The summed E-state index contributed by atoms with van der Waals surface area (Å²) in [5, 5.41) is 9.52. The van der Waals surface area contributed by atoms with E-state index < -0.39 is 6.10 Å². The first-order chi connectivity index (χ1) is 9.74. The van der Waals surface area contributed by atoms with E-state index in [2.05, 4.69) is 14.8 Å². The maximum Gasteiger partial charge on any atom is 0.128 e. The molecule has 0 bridgehead atoms. The normalized spacial score (nSPS) is 25.9. The molecular weight excluding hydrogens is 254 g/mol. The van der Waals surface area contributed by atoms with Gasteiger partial charge < -0.3 is 14.7 Å². The van der Waals surface area contributed by atoms with Gasteiger partial charge in [0.05, 0.1) is 19.3 Å². The predicted molar refractivity (Wildman–Crippen MR) is 77.9 cm³/mol. The largest absolute Gasteiger partial charge is 0.389 e. The van der Waals surface area contributed by atoms with E-state index in [1.165, 1.54) is 6.42 Å². The summed E-state index contributed by atoms with van der Waals surface area (Å²) in [6, 6.07) is 4.61. The van der Waals surface area contributed by atoms with Crippen LogP contribution < -0.4 is 4.90 Å². The Balaban J connectivity index is 1.61. The minimum atomic E-state index is -0.448. The highest BCUT2D eigenvalue weighted by Gasteiger charge is 2.29. The standard InChI is InChI=1S/C15H23N3O2/c1-12(19)13-2-3-15(16-10-13)18-5-4-14(11-18)17-6-8-20-9-7-17/h2-3,10,12,14,19H,4-9,11H2,1H3. The molecule has 0 aromatic carbocycles. The highest BCUT2D eigenvalue weighted by atomic mass is 16.5. The molecule has 20 heavy (non-hydrogen) atoms. The van der Waals surface area contributed by atoms with Crippen LogP contribution in [0.25, 0.3) is 0 Å². The summed E-state index contributed by atoms with van der Waals surface area (Å²) in [5.41, 5.74) is 0.873. The van der Waals surface area contributed by atoms with Gasteiger partial charge in [0.2, 0.25) is 0 Å². The van der Waals surface area contributed by atoms with Crippen molar-refractivity contribution in [2.75, 3.05) is 44.3 Å². The summed E-state index contributed by atoms with van der Waals surface area (Å²) in [5.74, 6) is 1.02. The van der Waals surface area contributed by atoms with Crippen molar-refractivity contribution in [3.8, 4) is 0 Å². The summed E-state index contributed by atoms with van der Waals surface area (Å²) in [4.78, 5) is 9.36. The Morgan fingerprint density at radius 3 is 2.75 bits per heavy atom. The monoisotopic (exact) mass is 277 g/mol. The van der Waals surface area contributed by atoms with E-state index in [-0.39, 0.29) is 0 Å². The predicted octanol–water partition coefficient (Wildman–Crippen LogP) is 1.05. The Morgan fingerprint density at radius 1 is 1.30 bits per heavy atom. The van der Waals surface area contributed by atoms with E-state index in [4.69, 9.17) is 4.74 Å². The van der Waals surface area contributed by atoms with Gasteiger partial charge in [-0.2, -0.15) is 0 Å². The number of hydrogen-bond donors (Lipinski definition) is 1. The fourth-order valence-corrected chi connectivity index (χ4v) is 3.02. The molecule has 2 aliphatic rings. The van der Waals surface area contributed by atoms with Crippen LogP contribution in [0.2, 0.25) is 0 Å². The van der Waals surface area contributed by atoms with Crippen molar-refractivity contribution >= 4 is 5.82 Å². The third kappa shape index (κ3) is 2.95. The molecular formula is C15H23N3O2. The van der Waals surface area contributed by atoms with Gasteiger partial charge in [0.25, 0.3) is 0 Å². The fraction of sp³-hybridized carbons (Fsp3) is 0.667. The highest BCUT2D eigenvalue weighted by Crippen LogP contribution is 2.23. The van der Waals surface area contributed by atoms with Gasteiger partial charge in [0.1, 0.15) is 5.82 Å². The van der Waals surface area contributed by atoms with E-state index in [0.29, 0.717) is 6.04 Å². The van der Waals surface area contributed by atoms with Gasteiger partial charge in [-0.05, 0) is 25.0 Å². The summed E-state index contributed by atoms with van der Waals surface area (Å²) < 4.78 is 5.42. The number of ether oxygens (including phenoxy) is 1. The molecule has 0 radical (unpaired) electrons. The van der Waals surface area contributed by atoms with Crippen molar-refractivity contribution < 1.29 is 9.84 Å². The number of aliphatic hydroxyl groups is 1. The molecule has 5 heteroatoms. The van der Waals surface area contributed by atoms with Gasteiger partial charge in [-0.15, -0.1) is 0 Å². The summed E-state index contributed by atoms with van der Waals surface area (Å²) >= 11 is 0.